The number of rotatable bonds is 4. The first-order valence-electron chi connectivity index (χ1n) is 8.95. The molecule has 2 N–H and O–H groups in total. The number of allylic oxidation sites excluding steroid dienone is 2. The third kappa shape index (κ3) is 5.59. The Hall–Kier alpha value is -1.96. The van der Waals surface area contributed by atoms with Gasteiger partial charge in [0.1, 0.15) is 0 Å². The molecular formula is C22H34N2. The van der Waals surface area contributed by atoms with Crippen molar-refractivity contribution in [1.82, 2.24) is 10.6 Å². The van der Waals surface area contributed by atoms with Crippen molar-refractivity contribution in [3.05, 3.63) is 65.9 Å². The molecule has 24 heavy (non-hydrogen) atoms. The zero-order valence-corrected chi connectivity index (χ0v) is 16.4. The molecule has 0 aromatic heterocycles. The first kappa shape index (κ1) is 20.1. The van der Waals surface area contributed by atoms with Crippen LogP contribution in [0.3, 0.4) is 0 Å². The first-order chi connectivity index (χ1) is 11.3. The van der Waals surface area contributed by atoms with Gasteiger partial charge in [-0.3, -0.25) is 0 Å². The minimum absolute atomic E-state index is 0.182. The molecule has 2 nitrogen and oxygen atoms in total. The Labute approximate surface area is 148 Å². The Balaban J connectivity index is 0.00000139. The van der Waals surface area contributed by atoms with Gasteiger partial charge in [0.2, 0.25) is 0 Å². The third-order valence-corrected chi connectivity index (χ3v) is 4.11. The summed E-state index contributed by atoms with van der Waals surface area (Å²) in [6, 6.07) is 9.24. The molecule has 0 saturated carbocycles. The zero-order chi connectivity index (χ0) is 18.3. The summed E-state index contributed by atoms with van der Waals surface area (Å²) in [5, 5.41) is 6.90. The fourth-order valence-electron chi connectivity index (χ4n) is 2.52. The zero-order valence-electron chi connectivity index (χ0n) is 16.4. The van der Waals surface area contributed by atoms with Crippen LogP contribution in [-0.4, -0.2) is 12.1 Å². The van der Waals surface area contributed by atoms with E-state index >= 15 is 0 Å². The van der Waals surface area contributed by atoms with Crippen LogP contribution in [0.25, 0.3) is 5.70 Å². The summed E-state index contributed by atoms with van der Waals surface area (Å²) in [7, 11) is 0. The standard InChI is InChI=1S/C20H28N2.C2H6/c1-14-7-12-19(21-13-14)16(3)22-15(2)17-8-10-18(11-9-17)20(4,5)6;1-2/h7-13,16,19,21-22H,2H2,1,3-6H3;1-2H3. The molecule has 2 atom stereocenters. The summed E-state index contributed by atoms with van der Waals surface area (Å²) in [6.45, 7) is 19.1. The van der Waals surface area contributed by atoms with Crippen LogP contribution in [0.5, 0.6) is 0 Å². The lowest BCUT2D eigenvalue weighted by Crippen LogP contribution is -2.43. The number of benzene rings is 1. The summed E-state index contributed by atoms with van der Waals surface area (Å²) in [6.07, 6.45) is 6.41. The topological polar surface area (TPSA) is 24.1 Å². The Kier molecular flexibility index (Phi) is 7.34. The van der Waals surface area contributed by atoms with Crippen molar-refractivity contribution in [1.29, 1.82) is 0 Å². The molecule has 0 saturated heterocycles. The maximum absolute atomic E-state index is 4.19. The van der Waals surface area contributed by atoms with E-state index in [-0.39, 0.29) is 17.5 Å². The Morgan fingerprint density at radius 3 is 2.21 bits per heavy atom. The summed E-state index contributed by atoms with van der Waals surface area (Å²) in [5.74, 6) is 0. The molecule has 0 fully saturated rings. The molecule has 2 rings (SSSR count). The van der Waals surface area contributed by atoms with Crippen molar-refractivity contribution < 1.29 is 0 Å². The fourth-order valence-corrected chi connectivity index (χ4v) is 2.52. The Morgan fingerprint density at radius 1 is 1.17 bits per heavy atom. The van der Waals surface area contributed by atoms with E-state index < -0.39 is 0 Å². The lowest BCUT2D eigenvalue weighted by Gasteiger charge is -2.27. The van der Waals surface area contributed by atoms with Crippen LogP contribution in [0.15, 0.2) is 54.8 Å². The minimum Gasteiger partial charge on any atom is -0.382 e. The molecule has 1 aromatic carbocycles. The number of nitrogens with one attached hydrogen (secondary N) is 2. The highest BCUT2D eigenvalue weighted by Gasteiger charge is 2.16. The van der Waals surface area contributed by atoms with Crippen LogP contribution >= 0.6 is 0 Å². The molecule has 2 unspecified atom stereocenters. The predicted molar refractivity (Wildman–Crippen MR) is 108 cm³/mol. The Morgan fingerprint density at radius 2 is 1.75 bits per heavy atom. The third-order valence-electron chi connectivity index (χ3n) is 4.11. The minimum atomic E-state index is 0.182. The van der Waals surface area contributed by atoms with Gasteiger partial charge in [-0.05, 0) is 42.2 Å². The molecule has 2 heteroatoms. The maximum Gasteiger partial charge on any atom is 0.0641 e. The summed E-state index contributed by atoms with van der Waals surface area (Å²) < 4.78 is 0. The van der Waals surface area contributed by atoms with E-state index in [1.165, 1.54) is 11.1 Å². The normalized spacial score (nSPS) is 17.8. The predicted octanol–water partition coefficient (Wildman–Crippen LogP) is 5.39. The van der Waals surface area contributed by atoms with Gasteiger partial charge in [0.25, 0.3) is 0 Å². The smallest absolute Gasteiger partial charge is 0.0641 e. The highest BCUT2D eigenvalue weighted by Crippen LogP contribution is 2.23. The van der Waals surface area contributed by atoms with Crippen LogP contribution in [-0.2, 0) is 5.41 Å². The van der Waals surface area contributed by atoms with E-state index in [1.54, 1.807) is 0 Å². The van der Waals surface area contributed by atoms with Crippen molar-refractivity contribution in [3.63, 3.8) is 0 Å². The lowest BCUT2D eigenvalue weighted by molar-refractivity contribution is 0.527. The van der Waals surface area contributed by atoms with Crippen LogP contribution in [0.4, 0.5) is 0 Å². The van der Waals surface area contributed by atoms with Crippen molar-refractivity contribution >= 4 is 5.70 Å². The van der Waals surface area contributed by atoms with Gasteiger partial charge in [0.15, 0.2) is 0 Å². The van der Waals surface area contributed by atoms with Gasteiger partial charge in [-0.25, -0.2) is 0 Å². The summed E-state index contributed by atoms with van der Waals surface area (Å²) in [5.41, 5.74) is 4.89. The molecule has 1 aromatic rings. The van der Waals surface area contributed by atoms with E-state index in [9.17, 15) is 0 Å². The highest BCUT2D eigenvalue weighted by atomic mass is 15.0. The summed E-state index contributed by atoms with van der Waals surface area (Å²) >= 11 is 0. The number of dihydropyridines is 1. The van der Waals surface area contributed by atoms with E-state index in [4.69, 9.17) is 0 Å². The van der Waals surface area contributed by atoms with Gasteiger partial charge in [0, 0.05) is 11.7 Å². The van der Waals surface area contributed by atoms with E-state index in [0.29, 0.717) is 0 Å². The largest absolute Gasteiger partial charge is 0.382 e. The number of hydrogen-bond donors (Lipinski definition) is 2. The van der Waals surface area contributed by atoms with E-state index in [1.807, 2.05) is 13.8 Å². The van der Waals surface area contributed by atoms with Gasteiger partial charge in [-0.15, -0.1) is 0 Å². The van der Waals surface area contributed by atoms with E-state index in [2.05, 4.69) is 94.4 Å². The average molecular weight is 327 g/mol. The molecule has 1 heterocycles. The highest BCUT2D eigenvalue weighted by molar-refractivity contribution is 5.62. The van der Waals surface area contributed by atoms with Gasteiger partial charge in [0.05, 0.1) is 6.04 Å². The molecule has 0 radical (unpaired) electrons. The van der Waals surface area contributed by atoms with Crippen molar-refractivity contribution in [3.8, 4) is 0 Å². The monoisotopic (exact) mass is 326 g/mol. The molecule has 0 bridgehead atoms. The van der Waals surface area contributed by atoms with Crippen LogP contribution in [0, 0.1) is 0 Å². The van der Waals surface area contributed by atoms with Gasteiger partial charge in [-0.2, -0.15) is 0 Å². The molecular weight excluding hydrogens is 292 g/mol. The molecule has 132 valence electrons. The maximum atomic E-state index is 4.19. The van der Waals surface area contributed by atoms with Crippen LogP contribution < -0.4 is 10.6 Å². The lowest BCUT2D eigenvalue weighted by atomic mass is 9.86. The van der Waals surface area contributed by atoms with Gasteiger partial charge < -0.3 is 10.6 Å². The second kappa shape index (κ2) is 8.77. The second-order valence-electron chi connectivity index (χ2n) is 7.18. The quantitative estimate of drug-likeness (QED) is 0.775. The average Bonchev–Trinajstić information content (AvgIpc) is 2.56. The molecule has 1 aliphatic heterocycles. The van der Waals surface area contributed by atoms with Crippen LogP contribution in [0.2, 0.25) is 0 Å². The van der Waals surface area contributed by atoms with Gasteiger partial charge in [-0.1, -0.05) is 77.6 Å². The van der Waals surface area contributed by atoms with Crippen molar-refractivity contribution in [2.24, 2.45) is 0 Å². The fraction of sp³-hybridized carbons (Fsp3) is 0.455. The van der Waals surface area contributed by atoms with Crippen molar-refractivity contribution in [2.45, 2.75) is 66.0 Å². The molecule has 0 aliphatic carbocycles. The molecule has 1 aliphatic rings. The SMILES string of the molecule is C=C(NC(C)C1C=CC(C)=CN1)c1ccc(C(C)(C)C)cc1.CC. The van der Waals surface area contributed by atoms with E-state index in [0.717, 1.165) is 11.3 Å². The molecule has 0 amide bonds. The first-order valence-corrected chi connectivity index (χ1v) is 8.95. The second-order valence-corrected chi connectivity index (χ2v) is 7.18. The molecule has 0 spiro atoms. The van der Waals surface area contributed by atoms with Crippen LogP contribution in [0.1, 0.15) is 59.6 Å². The van der Waals surface area contributed by atoms with Crippen molar-refractivity contribution in [2.75, 3.05) is 0 Å². The van der Waals surface area contributed by atoms with Gasteiger partial charge >= 0.3 is 0 Å². The summed E-state index contributed by atoms with van der Waals surface area (Å²) in [4.78, 5) is 0. The number of hydrogen-bond acceptors (Lipinski definition) is 2. The Bertz CT molecular complexity index is 585.